The molecule has 0 heterocycles. The first kappa shape index (κ1) is 22.3. The molecule has 0 aliphatic carbocycles. The molecular weight excluding hydrogens is 353 g/mol. The van der Waals surface area contributed by atoms with Crippen molar-refractivity contribution in [3.63, 3.8) is 0 Å². The maximum Gasteiger partial charge on any atom is 0.161 e. The van der Waals surface area contributed by atoms with Gasteiger partial charge in [0.2, 0.25) is 0 Å². The third-order valence-corrected chi connectivity index (χ3v) is 4.11. The fourth-order valence-electron chi connectivity index (χ4n) is 2.62. The maximum absolute atomic E-state index is 13.7. The zero-order valence-electron chi connectivity index (χ0n) is 15.6. The average molecular weight is 382 g/mol. The normalized spacial score (nSPS) is 10.3. The average Bonchev–Trinajstić information content (AvgIpc) is 2.64. The van der Waals surface area contributed by atoms with Crippen LogP contribution in [-0.2, 0) is 13.2 Å². The van der Waals surface area contributed by atoms with Crippen LogP contribution >= 0.6 is 12.4 Å². The zero-order chi connectivity index (χ0) is 17.9. The van der Waals surface area contributed by atoms with Gasteiger partial charge in [0.15, 0.2) is 11.5 Å². The number of rotatable bonds is 11. The molecule has 0 radical (unpaired) electrons. The monoisotopic (exact) mass is 381 g/mol. The van der Waals surface area contributed by atoms with Crippen molar-refractivity contribution in [3.8, 4) is 11.5 Å². The number of hydrogen-bond donors (Lipinski definition) is 1. The predicted molar refractivity (Wildman–Crippen MR) is 107 cm³/mol. The van der Waals surface area contributed by atoms with E-state index in [-0.39, 0.29) is 24.8 Å². The molecule has 0 aliphatic heterocycles. The first-order chi connectivity index (χ1) is 12.2. The molecule has 0 saturated carbocycles. The van der Waals surface area contributed by atoms with Gasteiger partial charge in [-0.2, -0.15) is 0 Å². The second kappa shape index (κ2) is 12.6. The van der Waals surface area contributed by atoms with Gasteiger partial charge in [-0.3, -0.25) is 0 Å². The van der Waals surface area contributed by atoms with Crippen molar-refractivity contribution in [2.75, 3.05) is 13.7 Å². The summed E-state index contributed by atoms with van der Waals surface area (Å²) in [4.78, 5) is 0. The van der Waals surface area contributed by atoms with Crippen molar-refractivity contribution in [2.24, 2.45) is 0 Å². The van der Waals surface area contributed by atoms with Crippen LogP contribution in [0.3, 0.4) is 0 Å². The Morgan fingerprint density at radius 2 is 1.81 bits per heavy atom. The summed E-state index contributed by atoms with van der Waals surface area (Å²) in [6.07, 6.45) is 5.03. The predicted octanol–water partition coefficient (Wildman–Crippen LogP) is 5.51. The highest BCUT2D eigenvalue weighted by atomic mass is 35.5. The number of hydrogen-bond acceptors (Lipinski definition) is 3. The molecule has 2 aromatic rings. The molecule has 1 N–H and O–H groups in total. The van der Waals surface area contributed by atoms with E-state index in [1.807, 2.05) is 18.2 Å². The summed E-state index contributed by atoms with van der Waals surface area (Å²) in [5.41, 5.74) is 1.67. The lowest BCUT2D eigenvalue weighted by Crippen LogP contribution is -2.14. The van der Waals surface area contributed by atoms with Gasteiger partial charge in [-0.1, -0.05) is 50.5 Å². The SMILES string of the molecule is CCCCCCNCc1ccc(OCc2ccccc2F)c(OC)c1.Cl. The van der Waals surface area contributed by atoms with E-state index in [0.29, 0.717) is 17.1 Å². The topological polar surface area (TPSA) is 30.5 Å². The molecule has 0 amide bonds. The van der Waals surface area contributed by atoms with E-state index in [9.17, 15) is 4.39 Å². The lowest BCUT2D eigenvalue weighted by molar-refractivity contribution is 0.279. The maximum atomic E-state index is 13.7. The Hall–Kier alpha value is -1.78. The summed E-state index contributed by atoms with van der Waals surface area (Å²) in [6.45, 7) is 4.22. The molecule has 2 aromatic carbocycles. The minimum atomic E-state index is -0.259. The van der Waals surface area contributed by atoms with E-state index >= 15 is 0 Å². The van der Waals surface area contributed by atoms with Crippen LogP contribution in [0.4, 0.5) is 4.39 Å². The second-order valence-corrected chi connectivity index (χ2v) is 6.10. The minimum absolute atomic E-state index is 0. The van der Waals surface area contributed by atoms with E-state index in [0.717, 1.165) is 18.7 Å². The number of methoxy groups -OCH3 is 1. The zero-order valence-corrected chi connectivity index (χ0v) is 16.4. The first-order valence-corrected chi connectivity index (χ1v) is 8.98. The first-order valence-electron chi connectivity index (χ1n) is 8.98. The summed E-state index contributed by atoms with van der Waals surface area (Å²) in [6, 6.07) is 12.5. The van der Waals surface area contributed by atoms with Gasteiger partial charge in [0, 0.05) is 12.1 Å². The Bertz CT molecular complexity index is 652. The molecule has 0 saturated heterocycles. The molecule has 0 unspecified atom stereocenters. The number of benzene rings is 2. The number of nitrogens with one attached hydrogen (secondary N) is 1. The Morgan fingerprint density at radius 1 is 1.00 bits per heavy atom. The Balaban J connectivity index is 0.00000338. The van der Waals surface area contributed by atoms with E-state index in [4.69, 9.17) is 9.47 Å². The highest BCUT2D eigenvalue weighted by molar-refractivity contribution is 5.85. The summed E-state index contributed by atoms with van der Waals surface area (Å²) >= 11 is 0. The van der Waals surface area contributed by atoms with Gasteiger partial charge >= 0.3 is 0 Å². The smallest absolute Gasteiger partial charge is 0.161 e. The fraction of sp³-hybridized carbons (Fsp3) is 0.429. The van der Waals surface area contributed by atoms with E-state index in [2.05, 4.69) is 12.2 Å². The number of ether oxygens (including phenoxy) is 2. The molecule has 3 nitrogen and oxygen atoms in total. The third kappa shape index (κ3) is 7.22. The second-order valence-electron chi connectivity index (χ2n) is 6.10. The van der Waals surface area contributed by atoms with Crippen molar-refractivity contribution >= 4 is 12.4 Å². The minimum Gasteiger partial charge on any atom is -0.493 e. The summed E-state index contributed by atoms with van der Waals surface area (Å²) in [5.74, 6) is 1.03. The van der Waals surface area contributed by atoms with Crippen molar-refractivity contribution in [1.29, 1.82) is 0 Å². The molecule has 0 bridgehead atoms. The van der Waals surface area contributed by atoms with E-state index in [1.54, 1.807) is 25.3 Å². The highest BCUT2D eigenvalue weighted by Gasteiger charge is 2.08. The number of halogens is 2. The summed E-state index contributed by atoms with van der Waals surface area (Å²) in [5, 5.41) is 3.45. The molecule has 2 rings (SSSR count). The largest absolute Gasteiger partial charge is 0.493 e. The van der Waals surface area contributed by atoms with Crippen LogP contribution in [0.2, 0.25) is 0 Å². The molecule has 0 aliphatic rings. The lowest BCUT2D eigenvalue weighted by Gasteiger charge is -2.13. The van der Waals surface area contributed by atoms with Gasteiger partial charge in [0.25, 0.3) is 0 Å². The van der Waals surface area contributed by atoms with Crippen LogP contribution in [0, 0.1) is 5.82 Å². The van der Waals surface area contributed by atoms with Gasteiger partial charge in [-0.05, 0) is 36.7 Å². The Kier molecular flexibility index (Phi) is 10.7. The van der Waals surface area contributed by atoms with Crippen LogP contribution in [-0.4, -0.2) is 13.7 Å². The quantitative estimate of drug-likeness (QED) is 0.521. The van der Waals surface area contributed by atoms with E-state index in [1.165, 1.54) is 31.7 Å². The lowest BCUT2D eigenvalue weighted by atomic mass is 10.2. The third-order valence-electron chi connectivity index (χ3n) is 4.11. The van der Waals surface area contributed by atoms with Gasteiger partial charge < -0.3 is 14.8 Å². The molecule has 0 atom stereocenters. The summed E-state index contributed by atoms with van der Waals surface area (Å²) < 4.78 is 24.8. The number of unbranched alkanes of at least 4 members (excludes halogenated alkanes) is 3. The van der Waals surface area contributed by atoms with Crippen LogP contribution in [0.15, 0.2) is 42.5 Å². The summed E-state index contributed by atoms with van der Waals surface area (Å²) in [7, 11) is 1.62. The standard InChI is InChI=1S/C21H28FNO2.ClH/c1-3-4-5-8-13-23-15-17-11-12-20(21(14-17)24-2)25-16-18-9-6-7-10-19(18)22;/h6-7,9-12,14,23H,3-5,8,13,15-16H2,1-2H3;1H. The van der Waals surface area contributed by atoms with Crippen molar-refractivity contribution < 1.29 is 13.9 Å². The molecule has 144 valence electrons. The van der Waals surface area contributed by atoms with Crippen LogP contribution in [0.25, 0.3) is 0 Å². The van der Waals surface area contributed by atoms with Gasteiger partial charge in [0.1, 0.15) is 12.4 Å². The highest BCUT2D eigenvalue weighted by Crippen LogP contribution is 2.29. The van der Waals surface area contributed by atoms with Crippen LogP contribution in [0.1, 0.15) is 43.7 Å². The molecule has 5 heteroatoms. The Labute approximate surface area is 162 Å². The molecule has 0 aromatic heterocycles. The van der Waals surface area contributed by atoms with Gasteiger partial charge in [-0.15, -0.1) is 12.4 Å². The van der Waals surface area contributed by atoms with Gasteiger partial charge in [0.05, 0.1) is 7.11 Å². The van der Waals surface area contributed by atoms with Crippen molar-refractivity contribution in [1.82, 2.24) is 5.32 Å². The fourth-order valence-corrected chi connectivity index (χ4v) is 2.62. The van der Waals surface area contributed by atoms with Crippen molar-refractivity contribution in [2.45, 2.75) is 45.8 Å². The van der Waals surface area contributed by atoms with Crippen LogP contribution in [0.5, 0.6) is 11.5 Å². The molecular formula is C21H29ClFNO2. The van der Waals surface area contributed by atoms with Crippen molar-refractivity contribution in [3.05, 3.63) is 59.4 Å². The van der Waals surface area contributed by atoms with E-state index < -0.39 is 0 Å². The molecule has 0 fully saturated rings. The molecule has 26 heavy (non-hydrogen) atoms. The molecule has 0 spiro atoms. The Morgan fingerprint density at radius 3 is 2.54 bits per heavy atom. The van der Waals surface area contributed by atoms with Gasteiger partial charge in [-0.25, -0.2) is 4.39 Å². The van der Waals surface area contributed by atoms with Crippen LogP contribution < -0.4 is 14.8 Å².